The lowest BCUT2D eigenvalue weighted by atomic mass is 9.73. The summed E-state index contributed by atoms with van der Waals surface area (Å²) < 4.78 is 40.1. The Kier molecular flexibility index (Phi) is 5.30. The van der Waals surface area contributed by atoms with Gasteiger partial charge in [-0.05, 0) is 48.2 Å². The Hall–Kier alpha value is -0.920. The highest BCUT2D eigenvalue weighted by Crippen LogP contribution is 2.58. The highest BCUT2D eigenvalue weighted by atomic mass is 35.5. The third kappa shape index (κ3) is 3.18. The van der Waals surface area contributed by atoms with Crippen LogP contribution in [0.5, 0.6) is 0 Å². The van der Waals surface area contributed by atoms with Crippen LogP contribution in [0.4, 0.5) is 13.2 Å². The van der Waals surface area contributed by atoms with Crippen molar-refractivity contribution >= 4 is 29.1 Å². The molecule has 2 aliphatic carbocycles. The van der Waals surface area contributed by atoms with Gasteiger partial charge in [-0.3, -0.25) is 4.79 Å². The molecule has 1 N–H and O–H groups in total. The van der Waals surface area contributed by atoms with E-state index in [2.05, 4.69) is 10.2 Å². The number of carbonyl (C=O) groups excluding carboxylic acids is 1. The maximum Gasteiger partial charge on any atom is 0.450 e. The molecule has 164 valence electrons. The van der Waals surface area contributed by atoms with E-state index in [1.807, 2.05) is 11.5 Å². The van der Waals surface area contributed by atoms with Gasteiger partial charge in [0.05, 0.1) is 22.5 Å². The molecule has 0 aromatic heterocycles. The lowest BCUT2D eigenvalue weighted by molar-refractivity contribution is -0.177. The normalized spacial score (nSPS) is 34.7. The van der Waals surface area contributed by atoms with E-state index in [-0.39, 0.29) is 6.54 Å². The zero-order chi connectivity index (χ0) is 21.1. The number of ketones is 1. The van der Waals surface area contributed by atoms with Crippen LogP contribution in [0.25, 0.3) is 0 Å². The van der Waals surface area contributed by atoms with E-state index in [0.29, 0.717) is 19.0 Å². The van der Waals surface area contributed by atoms with Crippen molar-refractivity contribution in [3.8, 4) is 0 Å². The van der Waals surface area contributed by atoms with Gasteiger partial charge in [-0.15, -0.1) is 11.6 Å². The highest BCUT2D eigenvalue weighted by Gasteiger charge is 2.55. The first-order chi connectivity index (χ1) is 14.3. The van der Waals surface area contributed by atoms with Crippen molar-refractivity contribution in [1.82, 2.24) is 10.2 Å². The fourth-order valence-corrected chi connectivity index (χ4v) is 7.84. The summed E-state index contributed by atoms with van der Waals surface area (Å²) in [5.41, 5.74) is 3.13. The molecule has 2 fully saturated rings. The summed E-state index contributed by atoms with van der Waals surface area (Å²) in [6.07, 6.45) is 4.61. The number of nitrogens with one attached hydrogen (secondary N) is 1. The first-order valence-corrected chi connectivity index (χ1v) is 12.1. The lowest BCUT2D eigenvalue weighted by Crippen LogP contribution is -2.53. The predicted molar refractivity (Wildman–Crippen MR) is 113 cm³/mol. The molecule has 0 bridgehead atoms. The molecule has 5 aliphatic rings. The number of hydrogen-bond donors (Lipinski definition) is 1. The number of halogens is 4. The van der Waals surface area contributed by atoms with E-state index >= 15 is 0 Å². The Balaban J connectivity index is 1.60. The molecule has 0 amide bonds. The largest absolute Gasteiger partial charge is 0.450 e. The first-order valence-electron chi connectivity index (χ1n) is 10.9. The monoisotopic (exact) mass is 458 g/mol. The molecule has 8 heteroatoms. The Morgan fingerprint density at radius 1 is 1.27 bits per heavy atom. The van der Waals surface area contributed by atoms with E-state index in [0.717, 1.165) is 47.4 Å². The molecular formula is C22H26ClF3N2OS. The summed E-state index contributed by atoms with van der Waals surface area (Å²) in [6, 6.07) is -0.519. The minimum atomic E-state index is -4.82. The van der Waals surface area contributed by atoms with Crippen molar-refractivity contribution in [2.75, 3.05) is 19.6 Å². The molecule has 0 spiro atoms. The van der Waals surface area contributed by atoms with Crippen LogP contribution in [-0.4, -0.2) is 47.4 Å². The number of fused-ring (bicyclic) bond motifs is 2. The number of rotatable bonds is 2. The predicted octanol–water partition coefficient (Wildman–Crippen LogP) is 5.14. The van der Waals surface area contributed by atoms with Crippen molar-refractivity contribution in [1.29, 1.82) is 0 Å². The van der Waals surface area contributed by atoms with Crippen LogP contribution in [0, 0.1) is 11.8 Å². The van der Waals surface area contributed by atoms with Gasteiger partial charge < -0.3 is 10.2 Å². The zero-order valence-corrected chi connectivity index (χ0v) is 18.3. The number of thioether (sulfide) groups is 1. The van der Waals surface area contributed by atoms with Crippen LogP contribution in [0.15, 0.2) is 33.2 Å². The second-order valence-corrected chi connectivity index (χ2v) is 10.7. The summed E-state index contributed by atoms with van der Waals surface area (Å²) in [4.78, 5) is 15.0. The van der Waals surface area contributed by atoms with Gasteiger partial charge in [0.15, 0.2) is 0 Å². The van der Waals surface area contributed by atoms with Crippen LogP contribution in [0.2, 0.25) is 0 Å². The van der Waals surface area contributed by atoms with Gasteiger partial charge in [0, 0.05) is 24.5 Å². The summed E-state index contributed by atoms with van der Waals surface area (Å²) in [7, 11) is 0. The van der Waals surface area contributed by atoms with E-state index < -0.39 is 28.8 Å². The summed E-state index contributed by atoms with van der Waals surface area (Å²) in [5.74, 6) is -2.34. The third-order valence-electron chi connectivity index (χ3n) is 7.50. The van der Waals surface area contributed by atoms with Gasteiger partial charge in [0.1, 0.15) is 0 Å². The number of allylic oxidation sites excluding steroid dienone is 2. The highest BCUT2D eigenvalue weighted by molar-refractivity contribution is 8.06. The van der Waals surface area contributed by atoms with Gasteiger partial charge in [-0.1, -0.05) is 37.1 Å². The smallest absolute Gasteiger partial charge is 0.359 e. The van der Waals surface area contributed by atoms with Crippen molar-refractivity contribution in [3.63, 3.8) is 0 Å². The van der Waals surface area contributed by atoms with Crippen LogP contribution >= 0.6 is 23.4 Å². The van der Waals surface area contributed by atoms with Crippen molar-refractivity contribution < 1.29 is 18.0 Å². The summed E-state index contributed by atoms with van der Waals surface area (Å²) >= 11 is 9.04. The average molecular weight is 459 g/mol. The van der Waals surface area contributed by atoms with E-state index in [4.69, 9.17) is 11.6 Å². The standard InChI is InChI=1S/C22H26ClF3N2OS/c23-21(13-5-2-1-3-6-13)8-7-14-15-11-27-12-16(19(29)22(24,25)26)17(15)28-9-4-10-30-20(21)18(14)28/h4,10,13,16-17,27H,1-3,5-9,11-12H2. The Morgan fingerprint density at radius 2 is 2.03 bits per heavy atom. The van der Waals surface area contributed by atoms with Crippen molar-refractivity contribution in [2.24, 2.45) is 11.8 Å². The number of alkyl halides is 4. The minimum Gasteiger partial charge on any atom is -0.359 e. The SMILES string of the molecule is O=C(C1CNCC2=C3CCC(Cl)(C4CCCCC4)C4=C3N(CC=CS4)C21)C(F)(F)F. The second-order valence-electron chi connectivity index (χ2n) is 9.07. The molecule has 0 aromatic rings. The molecule has 1 saturated carbocycles. The van der Waals surface area contributed by atoms with Gasteiger partial charge in [0.2, 0.25) is 5.78 Å². The van der Waals surface area contributed by atoms with E-state index in [9.17, 15) is 18.0 Å². The topological polar surface area (TPSA) is 32.3 Å². The van der Waals surface area contributed by atoms with Gasteiger partial charge in [0.25, 0.3) is 0 Å². The van der Waals surface area contributed by atoms with Crippen molar-refractivity contribution in [2.45, 2.75) is 62.0 Å². The summed E-state index contributed by atoms with van der Waals surface area (Å²) in [6.45, 7) is 1.12. The first kappa shape index (κ1) is 21.0. The number of piperidine rings is 1. The minimum absolute atomic E-state index is 0.0599. The van der Waals surface area contributed by atoms with Crippen molar-refractivity contribution in [3.05, 3.63) is 33.2 Å². The van der Waals surface area contributed by atoms with Crippen LogP contribution < -0.4 is 5.32 Å². The quantitative estimate of drug-likeness (QED) is 0.580. The van der Waals surface area contributed by atoms with Crippen LogP contribution in [-0.2, 0) is 4.79 Å². The van der Waals surface area contributed by atoms with Crippen LogP contribution in [0.1, 0.15) is 44.9 Å². The number of Topliss-reactive ketones (excluding diaryl/α,β-unsaturated/α-hetero) is 1. The van der Waals surface area contributed by atoms with Crippen LogP contribution in [0.3, 0.4) is 0 Å². The Labute approximate surface area is 184 Å². The zero-order valence-electron chi connectivity index (χ0n) is 16.7. The molecule has 1 saturated heterocycles. The maximum atomic E-state index is 13.4. The molecule has 3 aliphatic heterocycles. The number of carbonyl (C=O) groups is 1. The molecule has 5 rings (SSSR count). The van der Waals surface area contributed by atoms with Gasteiger partial charge in [-0.2, -0.15) is 13.2 Å². The molecule has 30 heavy (non-hydrogen) atoms. The summed E-state index contributed by atoms with van der Waals surface area (Å²) in [5, 5.41) is 5.12. The average Bonchev–Trinajstić information content (AvgIpc) is 2.89. The van der Waals surface area contributed by atoms with E-state index in [1.165, 1.54) is 19.3 Å². The van der Waals surface area contributed by atoms with E-state index in [1.54, 1.807) is 11.8 Å². The molecule has 0 aromatic carbocycles. The molecule has 3 atom stereocenters. The maximum absolute atomic E-state index is 13.4. The molecular weight excluding hydrogens is 433 g/mol. The Bertz CT molecular complexity index is 846. The van der Waals surface area contributed by atoms with Gasteiger partial charge >= 0.3 is 6.18 Å². The fraction of sp³-hybridized carbons (Fsp3) is 0.682. The number of nitrogens with zero attached hydrogens (tertiary/aromatic N) is 1. The fourth-order valence-electron chi connectivity index (χ4n) is 6.17. The third-order valence-corrected chi connectivity index (χ3v) is 9.42. The molecule has 3 nitrogen and oxygen atoms in total. The van der Waals surface area contributed by atoms with Gasteiger partial charge in [-0.25, -0.2) is 0 Å². The second kappa shape index (κ2) is 7.59. The molecule has 0 radical (unpaired) electrons. The lowest BCUT2D eigenvalue weighted by Gasteiger charge is -2.44. The molecule has 3 unspecified atom stereocenters. The Morgan fingerprint density at radius 3 is 2.77 bits per heavy atom. The number of hydrogen-bond acceptors (Lipinski definition) is 4. The molecule has 3 heterocycles.